The highest BCUT2D eigenvalue weighted by Gasteiger charge is 2.31. The van der Waals surface area contributed by atoms with Crippen molar-refractivity contribution in [3.8, 4) is 17.0 Å². The van der Waals surface area contributed by atoms with Crippen molar-refractivity contribution in [2.24, 2.45) is 0 Å². The van der Waals surface area contributed by atoms with E-state index in [9.17, 15) is 18.0 Å². The van der Waals surface area contributed by atoms with Crippen LogP contribution in [0.25, 0.3) is 16.8 Å². The predicted octanol–water partition coefficient (Wildman–Crippen LogP) is 6.03. The number of anilines is 2. The Morgan fingerprint density at radius 1 is 1.05 bits per heavy atom. The van der Waals surface area contributed by atoms with Crippen molar-refractivity contribution in [3.05, 3.63) is 78.8 Å². The lowest BCUT2D eigenvalue weighted by Crippen LogP contribution is -2.33. The van der Waals surface area contributed by atoms with Gasteiger partial charge in [0.15, 0.2) is 0 Å². The zero-order valence-corrected chi connectivity index (χ0v) is 22.2. The molecule has 4 aromatic rings. The minimum Gasteiger partial charge on any atom is -0.406 e. The lowest BCUT2D eigenvalue weighted by Gasteiger charge is -2.29. The van der Waals surface area contributed by atoms with Gasteiger partial charge in [-0.05, 0) is 73.5 Å². The zero-order valence-electron chi connectivity index (χ0n) is 22.2. The molecule has 0 saturated carbocycles. The molecule has 1 atom stereocenters. The molecule has 1 N–H and O–H groups in total. The van der Waals surface area contributed by atoms with E-state index in [-0.39, 0.29) is 11.7 Å². The van der Waals surface area contributed by atoms with Crippen LogP contribution in [0.1, 0.15) is 24.6 Å². The molecule has 1 amide bonds. The molecule has 1 fully saturated rings. The van der Waals surface area contributed by atoms with Gasteiger partial charge in [0, 0.05) is 63.3 Å². The first-order chi connectivity index (χ1) is 18.7. The summed E-state index contributed by atoms with van der Waals surface area (Å²) in [5.74, 6) is 0.692. The van der Waals surface area contributed by atoms with Crippen molar-refractivity contribution in [1.82, 2.24) is 14.3 Å². The van der Waals surface area contributed by atoms with E-state index in [1.807, 2.05) is 49.9 Å². The Labute approximate surface area is 225 Å². The summed E-state index contributed by atoms with van der Waals surface area (Å²) in [5, 5.41) is 3.07. The van der Waals surface area contributed by atoms with E-state index in [0.29, 0.717) is 17.8 Å². The fourth-order valence-corrected chi connectivity index (χ4v) is 4.62. The number of aromatic nitrogens is 2. The Balaban J connectivity index is 0.000000270. The fraction of sp³-hybridized carbons (Fsp3) is 0.310. The van der Waals surface area contributed by atoms with Crippen molar-refractivity contribution in [2.45, 2.75) is 25.1 Å². The second-order valence-corrected chi connectivity index (χ2v) is 9.48. The largest absolute Gasteiger partial charge is 0.573 e. The van der Waals surface area contributed by atoms with Gasteiger partial charge in [-0.1, -0.05) is 6.07 Å². The maximum atomic E-state index is 12.4. The Morgan fingerprint density at radius 3 is 2.38 bits per heavy atom. The van der Waals surface area contributed by atoms with E-state index in [1.54, 1.807) is 17.0 Å². The summed E-state index contributed by atoms with van der Waals surface area (Å²) in [7, 11) is 5.99. The molecule has 1 unspecified atom stereocenters. The van der Waals surface area contributed by atoms with Crippen LogP contribution in [0, 0.1) is 0 Å². The average Bonchev–Trinajstić information content (AvgIpc) is 3.33. The smallest absolute Gasteiger partial charge is 0.406 e. The number of benzene rings is 2. The zero-order chi connectivity index (χ0) is 28.0. The molecule has 2 aromatic heterocycles. The van der Waals surface area contributed by atoms with Gasteiger partial charge in [0.2, 0.25) is 6.41 Å². The van der Waals surface area contributed by atoms with Crippen LogP contribution < -0.4 is 15.0 Å². The van der Waals surface area contributed by atoms with E-state index in [4.69, 9.17) is 4.98 Å². The number of nitrogens with zero attached hydrogens (tertiary/aromatic N) is 4. The van der Waals surface area contributed by atoms with Crippen LogP contribution in [0.3, 0.4) is 0 Å². The van der Waals surface area contributed by atoms with Crippen LogP contribution in [-0.4, -0.2) is 61.3 Å². The monoisotopic (exact) mass is 539 g/mol. The van der Waals surface area contributed by atoms with E-state index in [2.05, 4.69) is 39.2 Å². The van der Waals surface area contributed by atoms with Gasteiger partial charge < -0.3 is 24.3 Å². The molecule has 1 saturated heterocycles. The predicted molar refractivity (Wildman–Crippen MR) is 147 cm³/mol. The van der Waals surface area contributed by atoms with Gasteiger partial charge in [-0.2, -0.15) is 0 Å². The molecule has 10 heteroatoms. The van der Waals surface area contributed by atoms with Crippen molar-refractivity contribution in [2.75, 3.05) is 44.4 Å². The van der Waals surface area contributed by atoms with E-state index in [1.165, 1.54) is 17.8 Å². The highest BCUT2D eigenvalue weighted by Crippen LogP contribution is 2.33. The number of nitrogens with one attached hydrogen (secondary N) is 1. The standard InChI is InChI=1S/C20H18F3N3O2.C9H14N2/c21-20(22,23)28-16-8-6-14(7-9-16)18-17-5-1-2-11-26(17)19(24-18)15-4-3-10-25(12-15)13-27;1-10-8-4-6-9(7-5-8)11(2)3/h1-2,5-9,11,13,15H,3-4,10,12H2;4-7,10H,1-3H3. The molecule has 206 valence electrons. The third-order valence-electron chi connectivity index (χ3n) is 6.58. The van der Waals surface area contributed by atoms with Crippen molar-refractivity contribution < 1.29 is 22.7 Å². The summed E-state index contributed by atoms with van der Waals surface area (Å²) in [6.45, 7) is 1.35. The van der Waals surface area contributed by atoms with Gasteiger partial charge >= 0.3 is 6.36 Å². The van der Waals surface area contributed by atoms with Gasteiger partial charge in [-0.15, -0.1) is 13.2 Å². The number of ether oxygens (including phenoxy) is 1. The molecular formula is C29H32F3N5O2. The lowest BCUT2D eigenvalue weighted by molar-refractivity contribution is -0.274. The normalized spacial score (nSPS) is 15.3. The lowest BCUT2D eigenvalue weighted by atomic mass is 9.97. The number of carbonyl (C=O) groups excluding carboxylic acids is 1. The summed E-state index contributed by atoms with van der Waals surface area (Å²) < 4.78 is 43.1. The number of alkyl halides is 3. The Kier molecular flexibility index (Phi) is 8.63. The summed E-state index contributed by atoms with van der Waals surface area (Å²) >= 11 is 0. The molecule has 2 aromatic carbocycles. The topological polar surface area (TPSA) is 62.1 Å². The first kappa shape index (κ1) is 27.8. The number of hydrogen-bond donors (Lipinski definition) is 1. The maximum absolute atomic E-state index is 12.4. The molecule has 3 heterocycles. The number of rotatable bonds is 6. The number of fused-ring (bicyclic) bond motifs is 1. The molecule has 0 radical (unpaired) electrons. The first-order valence-electron chi connectivity index (χ1n) is 12.7. The molecule has 7 nitrogen and oxygen atoms in total. The van der Waals surface area contributed by atoms with Gasteiger partial charge in [0.1, 0.15) is 11.6 Å². The second-order valence-electron chi connectivity index (χ2n) is 9.48. The highest BCUT2D eigenvalue weighted by molar-refractivity contribution is 5.78. The fourth-order valence-electron chi connectivity index (χ4n) is 4.62. The third-order valence-corrected chi connectivity index (χ3v) is 6.58. The van der Waals surface area contributed by atoms with Crippen LogP contribution in [0.15, 0.2) is 72.9 Å². The first-order valence-corrected chi connectivity index (χ1v) is 12.7. The van der Waals surface area contributed by atoms with E-state index in [0.717, 1.165) is 42.8 Å². The molecular weight excluding hydrogens is 507 g/mol. The number of imidazole rings is 1. The van der Waals surface area contributed by atoms with E-state index >= 15 is 0 Å². The quantitative estimate of drug-likeness (QED) is 0.303. The number of carbonyl (C=O) groups is 1. The maximum Gasteiger partial charge on any atom is 0.573 e. The minimum atomic E-state index is -4.72. The van der Waals surface area contributed by atoms with Crippen LogP contribution in [0.5, 0.6) is 5.75 Å². The number of amides is 1. The second kappa shape index (κ2) is 12.1. The third kappa shape index (κ3) is 7.01. The van der Waals surface area contributed by atoms with Crippen molar-refractivity contribution >= 4 is 23.3 Å². The molecule has 1 aliphatic rings. The summed E-state index contributed by atoms with van der Waals surface area (Å²) in [5.41, 5.74) is 4.63. The number of piperidine rings is 1. The number of pyridine rings is 1. The van der Waals surface area contributed by atoms with Crippen LogP contribution in [0.2, 0.25) is 0 Å². The number of likely N-dealkylation sites (tertiary alicyclic amines) is 1. The van der Waals surface area contributed by atoms with E-state index < -0.39 is 6.36 Å². The van der Waals surface area contributed by atoms with Gasteiger partial charge in [-0.25, -0.2) is 4.98 Å². The molecule has 39 heavy (non-hydrogen) atoms. The summed E-state index contributed by atoms with van der Waals surface area (Å²) in [6.07, 6.45) is -0.105. The van der Waals surface area contributed by atoms with Crippen LogP contribution >= 0.6 is 0 Å². The molecule has 5 rings (SSSR count). The molecule has 0 aliphatic carbocycles. The minimum absolute atomic E-state index is 0.107. The summed E-state index contributed by atoms with van der Waals surface area (Å²) in [4.78, 5) is 19.8. The van der Waals surface area contributed by atoms with Gasteiger partial charge in [0.25, 0.3) is 0 Å². The van der Waals surface area contributed by atoms with Gasteiger partial charge in [0.05, 0.1) is 11.2 Å². The van der Waals surface area contributed by atoms with Crippen molar-refractivity contribution in [1.29, 1.82) is 0 Å². The Morgan fingerprint density at radius 2 is 1.77 bits per heavy atom. The van der Waals surface area contributed by atoms with Gasteiger partial charge in [-0.3, -0.25) is 4.79 Å². The van der Waals surface area contributed by atoms with Crippen molar-refractivity contribution in [3.63, 3.8) is 0 Å². The average molecular weight is 540 g/mol. The molecule has 0 spiro atoms. The molecule has 1 aliphatic heterocycles. The Bertz CT molecular complexity index is 1370. The number of halogens is 3. The number of hydrogen-bond acceptors (Lipinski definition) is 5. The highest BCUT2D eigenvalue weighted by atomic mass is 19.4. The Hall–Kier alpha value is -4.21. The van der Waals surface area contributed by atoms with Crippen LogP contribution in [-0.2, 0) is 4.79 Å². The van der Waals surface area contributed by atoms with Crippen LogP contribution in [0.4, 0.5) is 24.5 Å². The molecule has 0 bridgehead atoms. The summed E-state index contributed by atoms with van der Waals surface area (Å²) in [6, 6.07) is 19.7. The SMILES string of the molecule is CNc1ccc(N(C)C)cc1.O=CN1CCCC(c2nc(-c3ccc(OC(F)(F)F)cc3)c3ccccn23)C1.